The van der Waals surface area contributed by atoms with Crippen LogP contribution in [0.2, 0.25) is 0 Å². The van der Waals surface area contributed by atoms with E-state index in [4.69, 9.17) is 4.74 Å². The van der Waals surface area contributed by atoms with Crippen molar-refractivity contribution < 1.29 is 28.7 Å². The van der Waals surface area contributed by atoms with Crippen molar-refractivity contribution in [1.29, 1.82) is 0 Å². The Morgan fingerprint density at radius 2 is 1.23 bits per heavy atom. The van der Waals surface area contributed by atoms with E-state index in [-0.39, 0.29) is 17.6 Å². The molecule has 0 spiro atoms. The van der Waals surface area contributed by atoms with Crippen molar-refractivity contribution in [3.05, 3.63) is 12.2 Å². The Hall–Kier alpha value is -0.230. The summed E-state index contributed by atoms with van der Waals surface area (Å²) < 4.78 is 17.1. The largest absolute Gasteiger partial charge is 0.390 e. The molecule has 0 amide bonds. The van der Waals surface area contributed by atoms with Gasteiger partial charge in [-0.3, -0.25) is 4.57 Å². The summed E-state index contributed by atoms with van der Waals surface area (Å²) in [6.45, 7) is 2.24. The average Bonchev–Trinajstić information content (AvgIpc) is 2.62. The number of hydrogen-bond donors (Lipinski definition) is 3. The van der Waals surface area contributed by atoms with Crippen LogP contribution in [0.25, 0.3) is 0 Å². The van der Waals surface area contributed by atoms with Crippen LogP contribution in [0, 0.1) is 0 Å². The third kappa shape index (κ3) is 16.5. The van der Waals surface area contributed by atoms with Crippen LogP contribution in [0.1, 0.15) is 96.8 Å². The van der Waals surface area contributed by atoms with Gasteiger partial charge in [-0.15, -0.1) is 0 Å². The number of rotatable bonds is 20. The summed E-state index contributed by atoms with van der Waals surface area (Å²) in [5.41, 5.74) is -2.41. The summed E-state index contributed by atoms with van der Waals surface area (Å²) in [4.78, 5) is 18.9. The minimum Gasteiger partial charge on any atom is -0.352 e. The molecule has 0 fully saturated rings. The molecule has 3 N–H and O–H groups in total. The summed E-state index contributed by atoms with van der Waals surface area (Å²) in [6, 6.07) is 0. The topological polar surface area (TPSA) is 87.0 Å². The highest BCUT2D eigenvalue weighted by Crippen LogP contribution is 2.50. The van der Waals surface area contributed by atoms with Crippen molar-refractivity contribution in [3.63, 3.8) is 0 Å². The lowest BCUT2D eigenvalue weighted by Gasteiger charge is -2.35. The normalized spacial score (nSPS) is 15.0. The molecule has 0 saturated carbocycles. The van der Waals surface area contributed by atoms with E-state index in [0.717, 1.165) is 25.7 Å². The molecule has 0 aromatic carbocycles. The molecule has 0 aromatic heterocycles. The number of hydrogen-bond acceptors (Lipinski definition) is 3. The zero-order chi connectivity index (χ0) is 22.9. The summed E-state index contributed by atoms with van der Waals surface area (Å²) in [7, 11) is 0.509. The van der Waals surface area contributed by atoms with Crippen LogP contribution in [0.4, 0.5) is 0 Å². The van der Waals surface area contributed by atoms with Crippen molar-refractivity contribution in [1.82, 2.24) is 0 Å². The van der Waals surface area contributed by atoms with Gasteiger partial charge in [0.05, 0.1) is 27.7 Å². The van der Waals surface area contributed by atoms with Gasteiger partial charge in [0, 0.05) is 0 Å². The lowest BCUT2D eigenvalue weighted by Crippen LogP contribution is -2.50. The molecular weight excluding hydrogens is 401 g/mol. The van der Waals surface area contributed by atoms with E-state index < -0.39 is 13.1 Å². The fraction of sp³-hybridized carbons (Fsp3) is 0.913. The van der Waals surface area contributed by atoms with Crippen molar-refractivity contribution >= 4 is 7.60 Å². The second-order valence-electron chi connectivity index (χ2n) is 9.52. The van der Waals surface area contributed by atoms with Gasteiger partial charge in [-0.05, 0) is 32.1 Å². The number of quaternary nitrogens is 1. The highest BCUT2D eigenvalue weighted by atomic mass is 31.2. The monoisotopic (exact) mass is 450 g/mol. The Labute approximate surface area is 185 Å². The molecule has 180 valence electrons. The van der Waals surface area contributed by atoms with Gasteiger partial charge in [-0.2, -0.15) is 0 Å². The predicted molar refractivity (Wildman–Crippen MR) is 125 cm³/mol. The van der Waals surface area contributed by atoms with E-state index in [1.54, 1.807) is 21.1 Å². The van der Waals surface area contributed by atoms with Crippen LogP contribution in [0.15, 0.2) is 12.2 Å². The molecular formula is C23H49NO5P+. The maximum absolute atomic E-state index is 11.6. The van der Waals surface area contributed by atoms with E-state index in [1.165, 1.54) is 57.8 Å². The van der Waals surface area contributed by atoms with E-state index in [0.29, 0.717) is 6.42 Å². The number of ether oxygens (including phenoxy) is 1. The maximum atomic E-state index is 11.6. The maximum Gasteiger partial charge on any atom is 0.390 e. The van der Waals surface area contributed by atoms with Gasteiger partial charge >= 0.3 is 13.1 Å². The lowest BCUT2D eigenvalue weighted by atomic mass is 10.1. The molecule has 1 unspecified atom stereocenters. The van der Waals surface area contributed by atoms with Crippen LogP contribution in [-0.4, -0.2) is 59.2 Å². The van der Waals surface area contributed by atoms with E-state index >= 15 is 0 Å². The Morgan fingerprint density at radius 1 is 0.800 bits per heavy atom. The van der Waals surface area contributed by atoms with Crippen molar-refractivity contribution in [2.75, 3.05) is 34.3 Å². The van der Waals surface area contributed by atoms with Crippen LogP contribution in [-0.2, 0) is 9.30 Å². The predicted octanol–water partition coefficient (Wildman–Crippen LogP) is 5.57. The summed E-state index contributed by atoms with van der Waals surface area (Å²) in [5.74, 6) is 0. The zero-order valence-corrected chi connectivity index (χ0v) is 20.9. The Balaban J connectivity index is 3.67. The molecule has 7 heteroatoms. The molecule has 0 aliphatic heterocycles. The van der Waals surface area contributed by atoms with Gasteiger partial charge in [-0.25, -0.2) is 0 Å². The molecule has 1 atom stereocenters. The smallest absolute Gasteiger partial charge is 0.352 e. The quantitative estimate of drug-likeness (QED) is 0.0742. The van der Waals surface area contributed by atoms with Crippen LogP contribution in [0.5, 0.6) is 0 Å². The molecule has 0 aromatic rings. The van der Waals surface area contributed by atoms with Gasteiger partial charge in [0.1, 0.15) is 6.54 Å². The first-order valence-corrected chi connectivity index (χ1v) is 13.5. The standard InChI is InChI=1S/C23H48NO5P/c1-5-6-7-8-9-10-11-12-13-14-15-16-17-18-19-20-21-29-23(25,30(26,27)28)22-24(2,3)4/h12-13,25H,5-11,14-22H2,1-4H3,(H-,26,27,28)/p+1/b13-12-. The summed E-state index contributed by atoms with van der Waals surface area (Å²) in [5, 5.41) is 10.3. The summed E-state index contributed by atoms with van der Waals surface area (Å²) >= 11 is 0. The third-order valence-electron chi connectivity index (χ3n) is 5.12. The van der Waals surface area contributed by atoms with Crippen molar-refractivity contribution in [2.45, 2.75) is 102 Å². The van der Waals surface area contributed by atoms with E-state index in [2.05, 4.69) is 19.1 Å². The molecule has 0 radical (unpaired) electrons. The molecule has 6 nitrogen and oxygen atoms in total. The summed E-state index contributed by atoms with van der Waals surface area (Å²) in [6.07, 6.45) is 21.4. The first-order chi connectivity index (χ1) is 14.0. The zero-order valence-electron chi connectivity index (χ0n) is 20.0. The van der Waals surface area contributed by atoms with Gasteiger partial charge < -0.3 is 24.1 Å². The van der Waals surface area contributed by atoms with Crippen LogP contribution in [0.3, 0.4) is 0 Å². The van der Waals surface area contributed by atoms with E-state index in [1.807, 2.05) is 0 Å². The SMILES string of the molecule is CCCCCCCC/C=C\CCCCCCCCOC(O)(C[N+](C)(C)C)P(=O)(O)O. The van der Waals surface area contributed by atoms with Gasteiger partial charge in [0.25, 0.3) is 0 Å². The number of likely N-dealkylation sites (N-methyl/N-ethyl adjacent to an activating group) is 1. The highest BCUT2D eigenvalue weighted by Gasteiger charge is 2.51. The second kappa shape index (κ2) is 16.4. The van der Waals surface area contributed by atoms with Crippen molar-refractivity contribution in [2.24, 2.45) is 0 Å². The van der Waals surface area contributed by atoms with Crippen LogP contribution < -0.4 is 0 Å². The number of allylic oxidation sites excluding steroid dienone is 2. The average molecular weight is 451 g/mol. The first-order valence-electron chi connectivity index (χ1n) is 11.9. The Kier molecular flexibility index (Phi) is 16.3. The Bertz CT molecular complexity index is 486. The minimum atomic E-state index is -4.76. The Morgan fingerprint density at radius 3 is 1.67 bits per heavy atom. The first kappa shape index (κ1) is 29.8. The fourth-order valence-electron chi connectivity index (χ4n) is 3.42. The number of unbranched alkanes of at least 4 members (excludes halogenated alkanes) is 12. The molecule has 0 aliphatic rings. The van der Waals surface area contributed by atoms with E-state index in [9.17, 15) is 19.5 Å². The third-order valence-corrected chi connectivity index (χ3v) is 6.31. The van der Waals surface area contributed by atoms with Crippen LogP contribution >= 0.6 is 7.60 Å². The molecule has 0 saturated heterocycles. The van der Waals surface area contributed by atoms with Crippen molar-refractivity contribution in [3.8, 4) is 0 Å². The highest BCUT2D eigenvalue weighted by molar-refractivity contribution is 7.53. The lowest BCUT2D eigenvalue weighted by molar-refractivity contribution is -0.878. The number of aliphatic hydroxyl groups is 1. The van der Waals surface area contributed by atoms with Gasteiger partial charge in [-0.1, -0.05) is 76.9 Å². The molecule has 30 heavy (non-hydrogen) atoms. The number of nitrogens with zero attached hydrogens (tertiary/aromatic N) is 1. The minimum absolute atomic E-state index is 0.156. The molecule has 0 aliphatic carbocycles. The molecule has 0 rings (SSSR count). The van der Waals surface area contributed by atoms with Gasteiger partial charge in [0.2, 0.25) is 0 Å². The van der Waals surface area contributed by atoms with Gasteiger partial charge in [0.15, 0.2) is 0 Å². The molecule has 0 bridgehead atoms. The fourth-order valence-corrected chi connectivity index (χ4v) is 4.29. The second-order valence-corrected chi connectivity index (χ2v) is 11.3. The molecule has 0 heterocycles.